The largest absolute Gasteiger partial charge is 0.476 e. The van der Waals surface area contributed by atoms with Crippen molar-refractivity contribution in [2.75, 3.05) is 10.2 Å². The normalized spacial score (nSPS) is 21.3. The Morgan fingerprint density at radius 3 is 2.32 bits per heavy atom. The van der Waals surface area contributed by atoms with Crippen LogP contribution < -0.4 is 20.3 Å². The summed E-state index contributed by atoms with van der Waals surface area (Å²) in [6.07, 6.45) is -1.84. The molecule has 1 aromatic carbocycles. The Kier molecular flexibility index (Phi) is 8.26. The maximum absolute atomic E-state index is 13.1. The SMILES string of the molecule is CC(C)(Oc1ccc(Cl)cc1Cl)C(=O)NC1C[C@H]2CC[C@@H](C1)N2c1ncc(NC(=O)CC(F)(F)F)cc1Cl. The molecule has 2 amide bonds. The second kappa shape index (κ2) is 11.0. The summed E-state index contributed by atoms with van der Waals surface area (Å²) >= 11 is 18.6. The molecule has 7 nitrogen and oxygen atoms in total. The number of halogens is 6. The van der Waals surface area contributed by atoms with E-state index in [-0.39, 0.29) is 34.7 Å². The van der Waals surface area contributed by atoms with Crippen molar-refractivity contribution in [2.24, 2.45) is 0 Å². The lowest BCUT2D eigenvalue weighted by Crippen LogP contribution is -2.55. The highest BCUT2D eigenvalue weighted by atomic mass is 35.5. The Bertz CT molecular complexity index is 1210. The fourth-order valence-electron chi connectivity index (χ4n) is 4.96. The maximum Gasteiger partial charge on any atom is 0.397 e. The summed E-state index contributed by atoms with van der Waals surface area (Å²) in [6.45, 7) is 3.32. The number of alkyl halides is 3. The Morgan fingerprint density at radius 2 is 1.74 bits per heavy atom. The van der Waals surface area contributed by atoms with E-state index >= 15 is 0 Å². The van der Waals surface area contributed by atoms with E-state index in [0.717, 1.165) is 12.8 Å². The zero-order valence-corrected chi connectivity index (χ0v) is 22.8. The molecule has 38 heavy (non-hydrogen) atoms. The minimum atomic E-state index is -4.61. The van der Waals surface area contributed by atoms with Crippen LogP contribution in [-0.4, -0.2) is 46.7 Å². The third-order valence-corrected chi connectivity index (χ3v) is 7.39. The van der Waals surface area contributed by atoms with Crippen LogP contribution in [0.4, 0.5) is 24.7 Å². The molecule has 2 fully saturated rings. The van der Waals surface area contributed by atoms with Crippen LogP contribution in [0.3, 0.4) is 0 Å². The van der Waals surface area contributed by atoms with E-state index < -0.39 is 24.1 Å². The molecule has 2 bridgehead atoms. The quantitative estimate of drug-likeness (QED) is 0.388. The van der Waals surface area contributed by atoms with Gasteiger partial charge in [0.1, 0.15) is 18.0 Å². The first-order valence-corrected chi connectivity index (χ1v) is 13.1. The lowest BCUT2D eigenvalue weighted by atomic mass is 9.96. The van der Waals surface area contributed by atoms with Crippen LogP contribution >= 0.6 is 34.8 Å². The standard InChI is InChI=1S/C25H26Cl3F3N4O3/c1-24(2,38-20-6-3-13(26)7-18(20)27)23(37)34-14-8-16-4-5-17(9-14)35(16)22-19(28)10-15(12-32-22)33-21(36)11-25(29,30)31/h3,6-7,10,12,14,16-17H,4-5,8-9,11H2,1-2H3,(H,33,36)(H,34,37)/t14?,16-,17+. The molecule has 3 atom stereocenters. The van der Waals surface area contributed by atoms with Crippen molar-refractivity contribution < 1.29 is 27.5 Å². The van der Waals surface area contributed by atoms with Gasteiger partial charge < -0.3 is 20.3 Å². The number of carbonyl (C=O) groups is 2. The molecular weight excluding hydrogens is 568 g/mol. The van der Waals surface area contributed by atoms with Gasteiger partial charge in [0.25, 0.3) is 5.91 Å². The second-order valence-electron chi connectivity index (χ2n) is 9.99. The summed E-state index contributed by atoms with van der Waals surface area (Å²) in [5, 5.41) is 6.26. The van der Waals surface area contributed by atoms with Crippen molar-refractivity contribution in [1.29, 1.82) is 0 Å². The first kappa shape index (κ1) is 28.6. The predicted octanol–water partition coefficient (Wildman–Crippen LogP) is 6.41. The highest BCUT2D eigenvalue weighted by Crippen LogP contribution is 2.42. The molecule has 2 aliphatic heterocycles. The number of benzene rings is 1. The molecule has 13 heteroatoms. The summed E-state index contributed by atoms with van der Waals surface area (Å²) in [6, 6.07) is 6.21. The first-order valence-electron chi connectivity index (χ1n) is 12.0. The number of carbonyl (C=O) groups excluding carboxylic acids is 2. The van der Waals surface area contributed by atoms with E-state index in [0.29, 0.717) is 34.5 Å². The number of nitrogens with zero attached hydrogens (tertiary/aromatic N) is 2. The molecule has 0 aliphatic carbocycles. The van der Waals surface area contributed by atoms with Crippen LogP contribution in [-0.2, 0) is 9.59 Å². The molecular formula is C25H26Cl3F3N4O3. The van der Waals surface area contributed by atoms with Crippen molar-refractivity contribution in [2.45, 2.75) is 75.9 Å². The van der Waals surface area contributed by atoms with Gasteiger partial charge in [0.2, 0.25) is 5.91 Å². The van der Waals surface area contributed by atoms with E-state index in [1.54, 1.807) is 32.0 Å². The van der Waals surface area contributed by atoms with Gasteiger partial charge in [-0.2, -0.15) is 13.2 Å². The Hall–Kier alpha value is -2.43. The van der Waals surface area contributed by atoms with Crippen molar-refractivity contribution >= 4 is 58.1 Å². The molecule has 1 unspecified atom stereocenters. The predicted molar refractivity (Wildman–Crippen MR) is 140 cm³/mol. The fraction of sp³-hybridized carbons (Fsp3) is 0.480. The van der Waals surface area contributed by atoms with E-state index in [2.05, 4.69) is 20.5 Å². The van der Waals surface area contributed by atoms with Crippen LogP contribution in [0.5, 0.6) is 5.75 Å². The molecule has 0 spiro atoms. The van der Waals surface area contributed by atoms with Gasteiger partial charge >= 0.3 is 6.18 Å². The zero-order chi connectivity index (χ0) is 27.8. The average Bonchev–Trinajstić information content (AvgIpc) is 3.04. The lowest BCUT2D eigenvalue weighted by molar-refractivity contribution is -0.150. The third kappa shape index (κ3) is 6.76. The zero-order valence-electron chi connectivity index (χ0n) is 20.5. The van der Waals surface area contributed by atoms with Crippen molar-refractivity contribution in [3.63, 3.8) is 0 Å². The highest BCUT2D eigenvalue weighted by Gasteiger charge is 2.44. The van der Waals surface area contributed by atoms with Gasteiger partial charge in [-0.05, 0) is 63.8 Å². The number of hydrogen-bond acceptors (Lipinski definition) is 5. The Balaban J connectivity index is 1.38. The van der Waals surface area contributed by atoms with Crippen LogP contribution in [0.1, 0.15) is 46.0 Å². The minimum absolute atomic E-state index is 0.0597. The number of amides is 2. The number of rotatable bonds is 7. The minimum Gasteiger partial charge on any atom is -0.476 e. The molecule has 2 N–H and O–H groups in total. The van der Waals surface area contributed by atoms with Gasteiger partial charge in [0, 0.05) is 23.1 Å². The molecule has 0 radical (unpaired) electrons. The Morgan fingerprint density at radius 1 is 1.08 bits per heavy atom. The Labute approximate surface area is 233 Å². The monoisotopic (exact) mass is 592 g/mol. The molecule has 0 saturated carbocycles. The van der Waals surface area contributed by atoms with Gasteiger partial charge in [0.05, 0.1) is 21.9 Å². The number of pyridine rings is 1. The second-order valence-corrected chi connectivity index (χ2v) is 11.2. The summed E-state index contributed by atoms with van der Waals surface area (Å²) in [4.78, 5) is 31.2. The van der Waals surface area contributed by atoms with Gasteiger partial charge in [-0.15, -0.1) is 0 Å². The molecule has 4 rings (SSSR count). The summed E-state index contributed by atoms with van der Waals surface area (Å²) < 4.78 is 43.2. The van der Waals surface area contributed by atoms with Crippen molar-refractivity contribution in [3.8, 4) is 5.75 Å². The smallest absolute Gasteiger partial charge is 0.397 e. The van der Waals surface area contributed by atoms with E-state index in [4.69, 9.17) is 39.5 Å². The van der Waals surface area contributed by atoms with Crippen LogP contribution in [0.25, 0.3) is 0 Å². The first-order chi connectivity index (χ1) is 17.7. The average molecular weight is 594 g/mol. The van der Waals surface area contributed by atoms with Crippen molar-refractivity contribution in [3.05, 3.63) is 45.5 Å². The number of ether oxygens (including phenoxy) is 1. The van der Waals surface area contributed by atoms with Crippen LogP contribution in [0.2, 0.25) is 15.1 Å². The summed E-state index contributed by atoms with van der Waals surface area (Å²) in [5.41, 5.74) is -1.10. The fourth-order valence-corrected chi connectivity index (χ4v) is 5.67. The van der Waals surface area contributed by atoms with Crippen LogP contribution in [0.15, 0.2) is 30.5 Å². The van der Waals surface area contributed by atoms with E-state index in [1.165, 1.54) is 12.3 Å². The van der Waals surface area contributed by atoms with Gasteiger partial charge in [-0.1, -0.05) is 34.8 Å². The molecule has 206 valence electrons. The number of hydrogen-bond donors (Lipinski definition) is 2. The van der Waals surface area contributed by atoms with Crippen molar-refractivity contribution in [1.82, 2.24) is 10.3 Å². The third-order valence-electron chi connectivity index (χ3n) is 6.59. The van der Waals surface area contributed by atoms with E-state index in [1.807, 2.05) is 0 Å². The summed E-state index contributed by atoms with van der Waals surface area (Å²) in [5.74, 6) is -0.620. The topological polar surface area (TPSA) is 83.6 Å². The lowest BCUT2D eigenvalue weighted by Gasteiger charge is -2.41. The van der Waals surface area contributed by atoms with Gasteiger partial charge in [-0.25, -0.2) is 4.98 Å². The number of nitrogens with one attached hydrogen (secondary N) is 2. The van der Waals surface area contributed by atoms with E-state index in [9.17, 15) is 22.8 Å². The van der Waals surface area contributed by atoms with Crippen LogP contribution in [0, 0.1) is 0 Å². The van der Waals surface area contributed by atoms with Gasteiger partial charge in [0.15, 0.2) is 5.60 Å². The number of fused-ring (bicyclic) bond motifs is 2. The maximum atomic E-state index is 13.1. The number of anilines is 2. The summed E-state index contributed by atoms with van der Waals surface area (Å²) in [7, 11) is 0. The highest BCUT2D eigenvalue weighted by molar-refractivity contribution is 6.35. The molecule has 2 aromatic rings. The number of piperidine rings is 1. The molecule has 2 aliphatic rings. The molecule has 3 heterocycles. The van der Waals surface area contributed by atoms with Gasteiger partial charge in [-0.3, -0.25) is 9.59 Å². The molecule has 2 saturated heterocycles. The number of aromatic nitrogens is 1. The molecule has 1 aromatic heterocycles.